The molecule has 1 aliphatic rings. The van der Waals surface area contributed by atoms with E-state index in [1.165, 1.54) is 0 Å². The van der Waals surface area contributed by atoms with Crippen LogP contribution in [0, 0.1) is 5.92 Å². The largest absolute Gasteiger partial charge is 0.497 e. The zero-order chi connectivity index (χ0) is 20.3. The summed E-state index contributed by atoms with van der Waals surface area (Å²) in [6.45, 7) is 1.94. The maximum absolute atomic E-state index is 12.9. The molecule has 0 aliphatic carbocycles. The molecule has 1 N–H and O–H groups in total. The molecule has 1 aliphatic heterocycles. The van der Waals surface area contributed by atoms with Gasteiger partial charge in [-0.15, -0.1) is 0 Å². The molecule has 0 aromatic heterocycles. The number of carbonyl (C=O) groups excluding carboxylic acids is 1. The second kappa shape index (κ2) is 8.52. The van der Waals surface area contributed by atoms with Crippen LogP contribution >= 0.6 is 0 Å². The van der Waals surface area contributed by atoms with E-state index >= 15 is 0 Å². The van der Waals surface area contributed by atoms with Crippen LogP contribution in [0.3, 0.4) is 0 Å². The van der Waals surface area contributed by atoms with Gasteiger partial charge in [0.25, 0.3) is 0 Å². The Hall–Kier alpha value is -2.73. The van der Waals surface area contributed by atoms with Crippen molar-refractivity contribution in [3.05, 3.63) is 47.5 Å². The fourth-order valence-electron chi connectivity index (χ4n) is 3.75. The number of carbonyl (C=O) groups is 1. The van der Waals surface area contributed by atoms with Gasteiger partial charge in [-0.25, -0.2) is 0 Å². The standard InChI is InChI=1S/C22H27NO5/c1-13-19(24)12-18(16-10-14(25-2)6-8-20(16)27-4)23-22(13)17-11-15(26-3)7-9-21(17)28-5/h6-11,13,18,22-23H,12H2,1-5H3/t13-,18+,22-/m0/s1. The van der Waals surface area contributed by atoms with Crippen molar-refractivity contribution < 1.29 is 23.7 Å². The SMILES string of the molecule is COc1ccc(OC)c([C@H]2N[C@@H](c3cc(OC)ccc3OC)CC(=O)[C@@H]2C)c1. The molecular formula is C22H27NO5. The first-order valence-corrected chi connectivity index (χ1v) is 9.25. The van der Waals surface area contributed by atoms with Crippen molar-refractivity contribution >= 4 is 5.78 Å². The Bertz CT molecular complexity index is 851. The Morgan fingerprint density at radius 1 is 0.821 bits per heavy atom. The van der Waals surface area contributed by atoms with Crippen molar-refractivity contribution in [1.82, 2.24) is 5.32 Å². The van der Waals surface area contributed by atoms with Crippen molar-refractivity contribution in [2.45, 2.75) is 25.4 Å². The average Bonchev–Trinajstić information content (AvgIpc) is 2.74. The molecule has 1 heterocycles. The lowest BCUT2D eigenvalue weighted by molar-refractivity contribution is -0.126. The van der Waals surface area contributed by atoms with E-state index in [2.05, 4.69) is 5.32 Å². The summed E-state index contributed by atoms with van der Waals surface area (Å²) >= 11 is 0. The molecule has 2 aromatic carbocycles. The maximum Gasteiger partial charge on any atom is 0.139 e. The van der Waals surface area contributed by atoms with Crippen LogP contribution in [0.25, 0.3) is 0 Å². The van der Waals surface area contributed by atoms with Crippen LogP contribution in [0.1, 0.15) is 36.6 Å². The summed E-state index contributed by atoms with van der Waals surface area (Å²) in [5.74, 6) is 2.86. The zero-order valence-electron chi connectivity index (χ0n) is 16.9. The molecule has 0 bridgehead atoms. The van der Waals surface area contributed by atoms with Gasteiger partial charge in [0.2, 0.25) is 0 Å². The van der Waals surface area contributed by atoms with Crippen LogP contribution in [0.15, 0.2) is 36.4 Å². The molecule has 3 atom stereocenters. The molecule has 28 heavy (non-hydrogen) atoms. The van der Waals surface area contributed by atoms with Crippen LogP contribution < -0.4 is 24.3 Å². The minimum atomic E-state index is -0.216. The first-order valence-electron chi connectivity index (χ1n) is 9.25. The summed E-state index contributed by atoms with van der Waals surface area (Å²) in [6, 6.07) is 10.8. The van der Waals surface area contributed by atoms with Gasteiger partial charge in [0.15, 0.2) is 0 Å². The van der Waals surface area contributed by atoms with Gasteiger partial charge in [-0.05, 0) is 36.4 Å². The maximum atomic E-state index is 12.9. The highest BCUT2D eigenvalue weighted by Crippen LogP contribution is 2.42. The van der Waals surface area contributed by atoms with E-state index in [1.807, 2.05) is 43.3 Å². The van der Waals surface area contributed by atoms with Gasteiger partial charge in [0, 0.05) is 35.5 Å². The Labute approximate surface area is 165 Å². The van der Waals surface area contributed by atoms with Gasteiger partial charge in [-0.1, -0.05) is 6.92 Å². The summed E-state index contributed by atoms with van der Waals surface area (Å²) in [7, 11) is 6.50. The lowest BCUT2D eigenvalue weighted by Gasteiger charge is -2.36. The van der Waals surface area contributed by atoms with Crippen LogP contribution in [-0.2, 0) is 4.79 Å². The van der Waals surface area contributed by atoms with Gasteiger partial charge >= 0.3 is 0 Å². The van der Waals surface area contributed by atoms with E-state index in [1.54, 1.807) is 28.4 Å². The molecule has 6 nitrogen and oxygen atoms in total. The predicted molar refractivity (Wildman–Crippen MR) is 106 cm³/mol. The number of hydrogen-bond acceptors (Lipinski definition) is 6. The molecule has 6 heteroatoms. The highest BCUT2D eigenvalue weighted by Gasteiger charge is 2.37. The minimum absolute atomic E-state index is 0.184. The lowest BCUT2D eigenvalue weighted by atomic mass is 9.81. The molecular weight excluding hydrogens is 358 g/mol. The summed E-state index contributed by atoms with van der Waals surface area (Å²) in [4.78, 5) is 12.9. The Balaban J connectivity index is 2.03. The molecule has 1 fully saturated rings. The van der Waals surface area contributed by atoms with Gasteiger partial charge in [0.1, 0.15) is 28.8 Å². The quantitative estimate of drug-likeness (QED) is 0.818. The third-order valence-electron chi connectivity index (χ3n) is 5.38. The topological polar surface area (TPSA) is 66.0 Å². The zero-order valence-corrected chi connectivity index (χ0v) is 16.9. The van der Waals surface area contributed by atoms with Crippen LogP contribution in [0.2, 0.25) is 0 Å². The summed E-state index contributed by atoms with van der Waals surface area (Å²) in [5, 5.41) is 3.63. The molecule has 2 aromatic rings. The third kappa shape index (κ3) is 3.78. The highest BCUT2D eigenvalue weighted by atomic mass is 16.5. The van der Waals surface area contributed by atoms with Gasteiger partial charge in [-0.2, -0.15) is 0 Å². The Kier molecular flexibility index (Phi) is 6.09. The van der Waals surface area contributed by atoms with Crippen LogP contribution in [0.5, 0.6) is 23.0 Å². The van der Waals surface area contributed by atoms with Crippen molar-refractivity contribution in [3.63, 3.8) is 0 Å². The first-order chi connectivity index (χ1) is 13.5. The number of nitrogens with one attached hydrogen (secondary N) is 1. The van der Waals surface area contributed by atoms with E-state index in [-0.39, 0.29) is 23.8 Å². The van der Waals surface area contributed by atoms with Gasteiger partial charge in [0.05, 0.1) is 28.4 Å². The number of hydrogen-bond donors (Lipinski definition) is 1. The molecule has 0 spiro atoms. The second-order valence-electron chi connectivity index (χ2n) is 6.87. The third-order valence-corrected chi connectivity index (χ3v) is 5.38. The van der Waals surface area contributed by atoms with E-state index in [9.17, 15) is 4.79 Å². The van der Waals surface area contributed by atoms with Crippen molar-refractivity contribution in [1.29, 1.82) is 0 Å². The monoisotopic (exact) mass is 385 g/mol. The number of methoxy groups -OCH3 is 4. The molecule has 0 saturated carbocycles. The smallest absolute Gasteiger partial charge is 0.139 e. The number of ether oxygens (including phenoxy) is 4. The van der Waals surface area contributed by atoms with Crippen LogP contribution in [-0.4, -0.2) is 34.2 Å². The van der Waals surface area contributed by atoms with Gasteiger partial charge < -0.3 is 24.3 Å². The van der Waals surface area contributed by atoms with Crippen molar-refractivity contribution in [3.8, 4) is 23.0 Å². The summed E-state index contributed by atoms with van der Waals surface area (Å²) < 4.78 is 21.8. The fourth-order valence-corrected chi connectivity index (χ4v) is 3.75. The number of benzene rings is 2. The number of ketones is 1. The van der Waals surface area contributed by atoms with E-state index in [4.69, 9.17) is 18.9 Å². The minimum Gasteiger partial charge on any atom is -0.497 e. The summed E-state index contributed by atoms with van der Waals surface area (Å²) in [6.07, 6.45) is 0.382. The molecule has 1 saturated heterocycles. The Morgan fingerprint density at radius 3 is 1.89 bits per heavy atom. The normalized spacial score (nSPS) is 21.9. The van der Waals surface area contributed by atoms with Crippen LogP contribution in [0.4, 0.5) is 0 Å². The number of rotatable bonds is 6. The Morgan fingerprint density at radius 2 is 1.36 bits per heavy atom. The van der Waals surface area contributed by atoms with Crippen molar-refractivity contribution in [2.24, 2.45) is 5.92 Å². The van der Waals surface area contributed by atoms with E-state index < -0.39 is 0 Å². The fraction of sp³-hybridized carbons (Fsp3) is 0.409. The average molecular weight is 385 g/mol. The second-order valence-corrected chi connectivity index (χ2v) is 6.87. The molecule has 3 rings (SSSR count). The molecule has 0 radical (unpaired) electrons. The molecule has 0 amide bonds. The predicted octanol–water partition coefficient (Wildman–Crippen LogP) is 3.70. The van der Waals surface area contributed by atoms with Gasteiger partial charge in [-0.3, -0.25) is 4.79 Å². The highest BCUT2D eigenvalue weighted by molar-refractivity contribution is 5.83. The molecule has 0 unspecified atom stereocenters. The molecule has 150 valence electrons. The van der Waals surface area contributed by atoms with Crippen molar-refractivity contribution in [2.75, 3.05) is 28.4 Å². The number of piperidine rings is 1. The van der Waals surface area contributed by atoms with E-state index in [0.29, 0.717) is 6.42 Å². The summed E-state index contributed by atoms with van der Waals surface area (Å²) in [5.41, 5.74) is 1.79. The lowest BCUT2D eigenvalue weighted by Crippen LogP contribution is -2.41. The first kappa shape index (κ1) is 20.0. The number of Topliss-reactive ketones (excluding diaryl/α,β-unsaturated/α-hetero) is 1. The van der Waals surface area contributed by atoms with E-state index in [0.717, 1.165) is 34.1 Å².